The first-order valence-corrected chi connectivity index (χ1v) is 5.78. The molecule has 2 radical (unpaired) electrons. The van der Waals surface area contributed by atoms with Crippen LogP contribution in [0.5, 0.6) is 0 Å². The zero-order valence-electron chi connectivity index (χ0n) is 11.0. The van der Waals surface area contributed by atoms with E-state index in [0.29, 0.717) is 39.3 Å². The summed E-state index contributed by atoms with van der Waals surface area (Å²) in [6.07, 6.45) is 0.0840. The van der Waals surface area contributed by atoms with Crippen LogP contribution < -0.4 is 5.32 Å². The van der Waals surface area contributed by atoms with E-state index in [9.17, 15) is 4.79 Å². The highest BCUT2D eigenvalue weighted by Gasteiger charge is 2.15. The van der Waals surface area contributed by atoms with Crippen molar-refractivity contribution in [2.24, 2.45) is 0 Å². The highest BCUT2D eigenvalue weighted by atomic mass is 16.6. The zero-order chi connectivity index (χ0) is 13.1. The van der Waals surface area contributed by atoms with Gasteiger partial charge in [0, 0.05) is 13.2 Å². The van der Waals surface area contributed by atoms with E-state index in [2.05, 4.69) is 5.32 Å². The molecule has 0 fully saturated rings. The fourth-order valence-electron chi connectivity index (χ4n) is 0.945. The van der Waals surface area contributed by atoms with Crippen LogP contribution in [0.4, 0.5) is 4.79 Å². The Labute approximate surface area is 105 Å². The molecule has 0 aliphatic carbocycles. The average molecular weight is 243 g/mol. The molecular weight excluding hydrogens is 221 g/mol. The van der Waals surface area contributed by atoms with Crippen LogP contribution >= 0.6 is 0 Å². The van der Waals surface area contributed by atoms with Gasteiger partial charge in [0.2, 0.25) is 0 Å². The molecule has 17 heavy (non-hydrogen) atoms. The van der Waals surface area contributed by atoms with E-state index in [1.165, 1.54) is 0 Å². The number of hydrogen-bond donors (Lipinski definition) is 1. The summed E-state index contributed by atoms with van der Waals surface area (Å²) in [6, 6.07) is 0. The summed E-state index contributed by atoms with van der Waals surface area (Å²) in [5, 5.41) is 2.59. The molecule has 0 unspecified atom stereocenters. The Balaban J connectivity index is 3.25. The van der Waals surface area contributed by atoms with Gasteiger partial charge in [-0.1, -0.05) is 6.32 Å². The van der Waals surface area contributed by atoms with Gasteiger partial charge in [-0.25, -0.2) is 4.79 Å². The van der Waals surface area contributed by atoms with Crippen molar-refractivity contribution in [3.05, 3.63) is 0 Å². The van der Waals surface area contributed by atoms with Crippen molar-refractivity contribution < 1.29 is 19.0 Å². The number of hydrogen-bond acceptors (Lipinski definition) is 4. The number of nitrogens with one attached hydrogen (secondary N) is 1. The summed E-state index contributed by atoms with van der Waals surface area (Å²) in [7, 11) is 5.25. The molecule has 0 saturated carbocycles. The molecule has 0 bridgehead atoms. The number of ether oxygens (including phenoxy) is 3. The van der Waals surface area contributed by atoms with Gasteiger partial charge in [-0.05, 0) is 20.8 Å². The summed E-state index contributed by atoms with van der Waals surface area (Å²) < 4.78 is 15.4. The maximum atomic E-state index is 11.2. The second kappa shape index (κ2) is 9.30. The van der Waals surface area contributed by atoms with Crippen LogP contribution in [0.2, 0.25) is 6.32 Å². The molecule has 0 spiro atoms. The monoisotopic (exact) mass is 243 g/mol. The van der Waals surface area contributed by atoms with Crippen molar-refractivity contribution >= 4 is 13.9 Å². The molecule has 0 aliphatic heterocycles. The van der Waals surface area contributed by atoms with Crippen molar-refractivity contribution in [3.63, 3.8) is 0 Å². The molecule has 0 aliphatic rings. The first kappa shape index (κ1) is 16.3. The van der Waals surface area contributed by atoms with Gasteiger partial charge in [-0.15, -0.1) is 0 Å². The molecule has 1 amide bonds. The average Bonchev–Trinajstić information content (AvgIpc) is 2.19. The van der Waals surface area contributed by atoms with E-state index in [-0.39, 0.29) is 0 Å². The summed E-state index contributed by atoms with van der Waals surface area (Å²) in [6.45, 7) is 7.86. The van der Waals surface area contributed by atoms with Crippen LogP contribution in [0.3, 0.4) is 0 Å². The van der Waals surface area contributed by atoms with Crippen molar-refractivity contribution in [1.29, 1.82) is 0 Å². The standard InChI is InChI=1S/C11H22BNO4/c1-11(2,3)17-10(14)13-5-7-16-9-8-15-6-4-12/h4-9H2,1-3H3,(H,13,14). The van der Waals surface area contributed by atoms with E-state index < -0.39 is 11.7 Å². The van der Waals surface area contributed by atoms with Crippen LogP contribution in [-0.4, -0.2) is 52.5 Å². The molecule has 0 heterocycles. The predicted molar refractivity (Wildman–Crippen MR) is 66.4 cm³/mol. The lowest BCUT2D eigenvalue weighted by Gasteiger charge is -2.19. The number of alkyl carbamates (subject to hydrolysis) is 1. The minimum Gasteiger partial charge on any atom is -0.444 e. The van der Waals surface area contributed by atoms with Crippen LogP contribution in [-0.2, 0) is 14.2 Å². The zero-order valence-corrected chi connectivity index (χ0v) is 11.0. The lowest BCUT2D eigenvalue weighted by molar-refractivity contribution is 0.0421. The quantitative estimate of drug-likeness (QED) is 0.513. The van der Waals surface area contributed by atoms with E-state index >= 15 is 0 Å². The van der Waals surface area contributed by atoms with Crippen LogP contribution in [0.25, 0.3) is 0 Å². The van der Waals surface area contributed by atoms with Crippen molar-refractivity contribution in [2.45, 2.75) is 32.7 Å². The SMILES string of the molecule is [B]CCOCCOCCNC(=O)OC(C)(C)C. The largest absolute Gasteiger partial charge is 0.444 e. The van der Waals surface area contributed by atoms with Gasteiger partial charge >= 0.3 is 6.09 Å². The molecular formula is C11H22BNO4. The Morgan fingerprint density at radius 3 is 2.24 bits per heavy atom. The summed E-state index contributed by atoms with van der Waals surface area (Å²) in [4.78, 5) is 11.2. The third-order valence-electron chi connectivity index (χ3n) is 1.55. The topological polar surface area (TPSA) is 56.8 Å². The van der Waals surface area contributed by atoms with Crippen LogP contribution in [0, 0.1) is 0 Å². The number of carbonyl (C=O) groups is 1. The highest BCUT2D eigenvalue weighted by Crippen LogP contribution is 2.05. The van der Waals surface area contributed by atoms with Crippen LogP contribution in [0.1, 0.15) is 20.8 Å². The molecule has 5 nitrogen and oxygen atoms in total. The second-order valence-electron chi connectivity index (χ2n) is 4.44. The first-order valence-electron chi connectivity index (χ1n) is 5.78. The van der Waals surface area contributed by atoms with Gasteiger partial charge in [0.05, 0.1) is 27.7 Å². The van der Waals surface area contributed by atoms with E-state index in [1.54, 1.807) is 0 Å². The molecule has 6 heteroatoms. The van der Waals surface area contributed by atoms with Gasteiger partial charge in [-0.2, -0.15) is 0 Å². The Bertz CT molecular complexity index is 206. The Hall–Kier alpha value is -0.745. The normalized spacial score (nSPS) is 11.2. The molecule has 0 aromatic rings. The van der Waals surface area contributed by atoms with Crippen molar-refractivity contribution in [1.82, 2.24) is 5.32 Å². The second-order valence-corrected chi connectivity index (χ2v) is 4.44. The predicted octanol–water partition coefficient (Wildman–Crippen LogP) is 1.13. The van der Waals surface area contributed by atoms with Gasteiger partial charge in [0.25, 0.3) is 0 Å². The van der Waals surface area contributed by atoms with Gasteiger partial charge in [-0.3, -0.25) is 0 Å². The third-order valence-corrected chi connectivity index (χ3v) is 1.55. The number of amides is 1. The fraction of sp³-hybridized carbons (Fsp3) is 0.909. The molecule has 0 saturated heterocycles. The molecule has 0 aromatic carbocycles. The van der Waals surface area contributed by atoms with E-state index in [4.69, 9.17) is 22.1 Å². The smallest absolute Gasteiger partial charge is 0.407 e. The van der Waals surface area contributed by atoms with Crippen molar-refractivity contribution in [3.8, 4) is 0 Å². The molecule has 98 valence electrons. The Morgan fingerprint density at radius 2 is 1.71 bits per heavy atom. The Kier molecular flexibility index (Phi) is 8.89. The summed E-state index contributed by atoms with van der Waals surface area (Å²) in [5.41, 5.74) is -0.471. The molecule has 0 rings (SSSR count). The lowest BCUT2D eigenvalue weighted by Crippen LogP contribution is -2.34. The van der Waals surface area contributed by atoms with Gasteiger partial charge < -0.3 is 19.5 Å². The first-order chi connectivity index (χ1) is 7.95. The van der Waals surface area contributed by atoms with E-state index in [1.807, 2.05) is 20.8 Å². The van der Waals surface area contributed by atoms with Crippen molar-refractivity contribution in [2.75, 3.05) is 33.0 Å². The van der Waals surface area contributed by atoms with Gasteiger partial charge in [0.15, 0.2) is 0 Å². The Morgan fingerprint density at radius 1 is 1.12 bits per heavy atom. The summed E-state index contributed by atoms with van der Waals surface area (Å²) >= 11 is 0. The summed E-state index contributed by atoms with van der Waals surface area (Å²) in [5.74, 6) is 0. The maximum Gasteiger partial charge on any atom is 0.407 e. The number of rotatable bonds is 8. The molecule has 0 atom stereocenters. The minimum absolute atomic E-state index is 0.422. The number of carbonyl (C=O) groups excluding carboxylic acids is 1. The maximum absolute atomic E-state index is 11.2. The fourth-order valence-corrected chi connectivity index (χ4v) is 0.945. The van der Waals surface area contributed by atoms with Crippen LogP contribution in [0.15, 0.2) is 0 Å². The van der Waals surface area contributed by atoms with E-state index in [0.717, 1.165) is 0 Å². The third kappa shape index (κ3) is 13.2. The highest BCUT2D eigenvalue weighted by molar-refractivity contribution is 6.08. The minimum atomic E-state index is -0.471. The van der Waals surface area contributed by atoms with Gasteiger partial charge in [0.1, 0.15) is 5.60 Å². The lowest BCUT2D eigenvalue weighted by atomic mass is 10.1. The molecule has 0 aromatic heterocycles. The molecule has 1 N–H and O–H groups in total.